The van der Waals surface area contributed by atoms with Gasteiger partial charge in [-0.3, -0.25) is 5.10 Å². The van der Waals surface area contributed by atoms with Crippen LogP contribution in [0.2, 0.25) is 0 Å². The lowest BCUT2D eigenvalue weighted by atomic mass is 10.4. The van der Waals surface area contributed by atoms with Gasteiger partial charge in [-0.05, 0) is 6.92 Å². The molecule has 68 valence electrons. The molecule has 1 atom stereocenters. The highest BCUT2D eigenvalue weighted by atomic mass is 16.5. The predicted molar refractivity (Wildman–Crippen MR) is 42.3 cm³/mol. The highest BCUT2D eigenvalue weighted by Crippen LogP contribution is 2.12. The summed E-state index contributed by atoms with van der Waals surface area (Å²) >= 11 is 0. The van der Waals surface area contributed by atoms with Crippen LogP contribution < -0.4 is 5.73 Å². The van der Waals surface area contributed by atoms with E-state index in [0.717, 1.165) is 0 Å². The number of aromatic amines is 1. The quantitative estimate of drug-likeness (QED) is 0.666. The zero-order valence-electron chi connectivity index (χ0n) is 6.93. The van der Waals surface area contributed by atoms with E-state index in [1.807, 2.05) is 0 Å². The van der Waals surface area contributed by atoms with Crippen LogP contribution in [0, 0.1) is 0 Å². The molecule has 0 saturated carbocycles. The number of nitrogens with zero attached hydrogens (tertiary/aromatic N) is 4. The summed E-state index contributed by atoms with van der Waals surface area (Å²) < 4.78 is 4.88. The summed E-state index contributed by atoms with van der Waals surface area (Å²) in [4.78, 5) is 7.88. The van der Waals surface area contributed by atoms with Crippen LogP contribution in [0.25, 0.3) is 11.6 Å². The molecule has 0 radical (unpaired) electrons. The van der Waals surface area contributed by atoms with Gasteiger partial charge in [0.25, 0.3) is 0 Å². The molecule has 0 bridgehead atoms. The second-order valence-electron chi connectivity index (χ2n) is 2.58. The third-order valence-electron chi connectivity index (χ3n) is 1.46. The largest absolute Gasteiger partial charge is 0.337 e. The van der Waals surface area contributed by atoms with Crippen molar-refractivity contribution in [2.24, 2.45) is 5.73 Å². The van der Waals surface area contributed by atoms with E-state index in [-0.39, 0.29) is 6.04 Å². The summed E-state index contributed by atoms with van der Waals surface area (Å²) in [5.74, 6) is 1.21. The monoisotopic (exact) mass is 180 g/mol. The van der Waals surface area contributed by atoms with Gasteiger partial charge in [-0.25, -0.2) is 4.98 Å². The Kier molecular flexibility index (Phi) is 1.78. The Morgan fingerprint density at radius 3 is 3.00 bits per heavy atom. The van der Waals surface area contributed by atoms with Gasteiger partial charge in [0.1, 0.15) is 6.33 Å². The van der Waals surface area contributed by atoms with Crippen LogP contribution in [0.1, 0.15) is 18.9 Å². The molecule has 2 aromatic heterocycles. The first kappa shape index (κ1) is 7.87. The molecule has 0 aliphatic heterocycles. The van der Waals surface area contributed by atoms with E-state index in [9.17, 15) is 0 Å². The summed E-state index contributed by atoms with van der Waals surface area (Å²) in [5, 5.41) is 9.96. The van der Waals surface area contributed by atoms with Crippen molar-refractivity contribution in [1.82, 2.24) is 25.3 Å². The predicted octanol–water partition coefficient (Wildman–Crippen LogP) is -0.126. The molecule has 13 heavy (non-hydrogen) atoms. The van der Waals surface area contributed by atoms with Crippen LogP contribution in [-0.2, 0) is 0 Å². The zero-order chi connectivity index (χ0) is 9.26. The van der Waals surface area contributed by atoms with Crippen LogP contribution in [-0.4, -0.2) is 25.3 Å². The van der Waals surface area contributed by atoms with Crippen LogP contribution in [0.15, 0.2) is 10.9 Å². The fourth-order valence-electron chi connectivity index (χ4n) is 0.830. The number of nitrogens with one attached hydrogen (secondary N) is 1. The topological polar surface area (TPSA) is 107 Å². The summed E-state index contributed by atoms with van der Waals surface area (Å²) in [5.41, 5.74) is 5.54. The fraction of sp³-hybridized carbons (Fsp3) is 0.333. The lowest BCUT2D eigenvalue weighted by Crippen LogP contribution is -2.04. The van der Waals surface area contributed by atoms with Crippen molar-refractivity contribution in [2.75, 3.05) is 0 Å². The average Bonchev–Trinajstić information content (AvgIpc) is 2.75. The van der Waals surface area contributed by atoms with E-state index in [0.29, 0.717) is 17.5 Å². The molecule has 3 N–H and O–H groups in total. The summed E-state index contributed by atoms with van der Waals surface area (Å²) in [7, 11) is 0. The van der Waals surface area contributed by atoms with E-state index < -0.39 is 0 Å². The second kappa shape index (κ2) is 2.94. The van der Waals surface area contributed by atoms with Crippen molar-refractivity contribution in [3.8, 4) is 11.6 Å². The first-order valence-corrected chi connectivity index (χ1v) is 3.72. The zero-order valence-corrected chi connectivity index (χ0v) is 6.93. The SMILES string of the molecule is CC(N)c1nc(-c2ncn[nH]2)no1. The van der Waals surface area contributed by atoms with Gasteiger partial charge in [-0.2, -0.15) is 10.1 Å². The minimum absolute atomic E-state index is 0.274. The van der Waals surface area contributed by atoms with E-state index in [4.69, 9.17) is 10.3 Å². The van der Waals surface area contributed by atoms with E-state index in [2.05, 4.69) is 25.3 Å². The molecule has 0 aromatic carbocycles. The molecule has 0 saturated heterocycles. The Labute approximate surface area is 73.4 Å². The van der Waals surface area contributed by atoms with E-state index >= 15 is 0 Å². The molecule has 2 rings (SSSR count). The van der Waals surface area contributed by atoms with Crippen molar-refractivity contribution in [3.05, 3.63) is 12.2 Å². The van der Waals surface area contributed by atoms with Gasteiger partial charge >= 0.3 is 0 Å². The smallest absolute Gasteiger partial charge is 0.243 e. The number of nitrogens with two attached hydrogens (primary N) is 1. The molecule has 7 heteroatoms. The number of rotatable bonds is 2. The maximum Gasteiger partial charge on any atom is 0.243 e. The van der Waals surface area contributed by atoms with Crippen LogP contribution >= 0.6 is 0 Å². The maximum absolute atomic E-state index is 5.54. The normalized spacial score (nSPS) is 13.1. The Morgan fingerprint density at radius 2 is 2.46 bits per heavy atom. The van der Waals surface area contributed by atoms with Gasteiger partial charge in [0.15, 0.2) is 5.82 Å². The van der Waals surface area contributed by atoms with Gasteiger partial charge in [-0.15, -0.1) is 0 Å². The third-order valence-corrected chi connectivity index (χ3v) is 1.46. The van der Waals surface area contributed by atoms with Crippen molar-refractivity contribution in [1.29, 1.82) is 0 Å². The molecule has 7 nitrogen and oxygen atoms in total. The Balaban J connectivity index is 2.33. The Hall–Kier alpha value is -1.76. The van der Waals surface area contributed by atoms with Crippen molar-refractivity contribution in [2.45, 2.75) is 13.0 Å². The second-order valence-corrected chi connectivity index (χ2v) is 2.58. The Morgan fingerprint density at radius 1 is 1.62 bits per heavy atom. The molecule has 1 unspecified atom stereocenters. The number of hydrogen-bond acceptors (Lipinski definition) is 6. The summed E-state index contributed by atoms with van der Waals surface area (Å²) in [6, 6.07) is -0.274. The van der Waals surface area contributed by atoms with Crippen molar-refractivity contribution in [3.63, 3.8) is 0 Å². The van der Waals surface area contributed by atoms with Crippen molar-refractivity contribution < 1.29 is 4.52 Å². The average molecular weight is 180 g/mol. The number of hydrogen-bond donors (Lipinski definition) is 2. The molecule has 0 fully saturated rings. The standard InChI is InChI=1S/C6H8N6O/c1-3(7)6-10-5(12-13-6)4-8-2-9-11-4/h2-3H,7H2,1H3,(H,8,9,11). The van der Waals surface area contributed by atoms with Gasteiger partial charge in [0.05, 0.1) is 6.04 Å². The molecule has 0 aliphatic rings. The third kappa shape index (κ3) is 1.41. The first-order valence-electron chi connectivity index (χ1n) is 3.72. The van der Waals surface area contributed by atoms with Gasteiger partial charge < -0.3 is 10.3 Å². The van der Waals surface area contributed by atoms with Crippen LogP contribution in [0.3, 0.4) is 0 Å². The fourth-order valence-corrected chi connectivity index (χ4v) is 0.830. The molecular formula is C6H8N6O. The molecule has 0 spiro atoms. The van der Waals surface area contributed by atoms with E-state index in [1.54, 1.807) is 6.92 Å². The van der Waals surface area contributed by atoms with Crippen molar-refractivity contribution >= 4 is 0 Å². The van der Waals surface area contributed by atoms with Crippen LogP contribution in [0.5, 0.6) is 0 Å². The minimum Gasteiger partial charge on any atom is -0.337 e. The van der Waals surface area contributed by atoms with E-state index in [1.165, 1.54) is 6.33 Å². The molecule has 2 aromatic rings. The van der Waals surface area contributed by atoms with Gasteiger partial charge in [-0.1, -0.05) is 5.16 Å². The van der Waals surface area contributed by atoms with Crippen LogP contribution in [0.4, 0.5) is 0 Å². The molecular weight excluding hydrogens is 172 g/mol. The number of H-pyrrole nitrogens is 1. The number of aromatic nitrogens is 5. The molecule has 2 heterocycles. The summed E-state index contributed by atoms with van der Waals surface area (Å²) in [6.07, 6.45) is 1.37. The van der Waals surface area contributed by atoms with Gasteiger partial charge in [0, 0.05) is 0 Å². The molecule has 0 aliphatic carbocycles. The highest BCUT2D eigenvalue weighted by Gasteiger charge is 2.12. The first-order chi connectivity index (χ1) is 6.27. The summed E-state index contributed by atoms with van der Waals surface area (Å²) in [6.45, 7) is 1.76. The molecule has 0 amide bonds. The Bertz CT molecular complexity index is 377. The lowest BCUT2D eigenvalue weighted by molar-refractivity contribution is 0.362. The lowest BCUT2D eigenvalue weighted by Gasteiger charge is -1.92. The van der Waals surface area contributed by atoms with Gasteiger partial charge in [0.2, 0.25) is 11.7 Å². The minimum atomic E-state index is -0.274. The maximum atomic E-state index is 5.54. The highest BCUT2D eigenvalue weighted by molar-refractivity contribution is 5.39.